The van der Waals surface area contributed by atoms with Crippen LogP contribution in [-0.4, -0.2) is 49.6 Å². The van der Waals surface area contributed by atoms with Crippen LogP contribution in [0.1, 0.15) is 35.2 Å². The van der Waals surface area contributed by atoms with Gasteiger partial charge in [0.15, 0.2) is 9.84 Å². The molecule has 0 bridgehead atoms. The Morgan fingerprint density at radius 1 is 1.25 bits per heavy atom. The highest BCUT2D eigenvalue weighted by molar-refractivity contribution is 7.90. The van der Waals surface area contributed by atoms with Gasteiger partial charge in [0.1, 0.15) is 0 Å². The zero-order chi connectivity index (χ0) is 17.7. The number of benzene rings is 1. The van der Waals surface area contributed by atoms with Gasteiger partial charge in [0.05, 0.1) is 10.8 Å². The minimum atomic E-state index is -3.37. The predicted octanol–water partition coefficient (Wildman–Crippen LogP) is 1.73. The Kier molecular flexibility index (Phi) is 3.94. The summed E-state index contributed by atoms with van der Waals surface area (Å²) in [4.78, 5) is 25.7. The molecule has 1 aliphatic carbocycles. The number of likely N-dealkylation sites (tertiary alicyclic amines) is 1. The van der Waals surface area contributed by atoms with Crippen molar-refractivity contribution in [1.29, 1.82) is 0 Å². The van der Waals surface area contributed by atoms with Gasteiger partial charge in [-0.3, -0.25) is 9.59 Å². The molecule has 130 valence electrons. The second kappa shape index (κ2) is 5.58. The molecule has 24 heavy (non-hydrogen) atoms. The van der Waals surface area contributed by atoms with E-state index in [0.29, 0.717) is 37.9 Å². The molecular weight excluding hydrogens is 330 g/mol. The molecule has 1 aromatic rings. The standard InChI is InChI=1S/C17H21NO5S/c1-11-3-4-12(24(2,22)23)9-13(11)15(19)18-7-5-17(6-8-18)10-14(17)16(20)21/h3-4,9,14H,5-8,10H2,1-2H3,(H,20,21). The van der Waals surface area contributed by atoms with E-state index in [2.05, 4.69) is 0 Å². The van der Waals surface area contributed by atoms with Crippen molar-refractivity contribution < 1.29 is 23.1 Å². The first kappa shape index (κ1) is 17.0. The fourth-order valence-corrected chi connectivity index (χ4v) is 4.28. The SMILES string of the molecule is Cc1ccc(S(C)(=O)=O)cc1C(=O)N1CCC2(CC1)CC2C(=O)O. The first-order chi connectivity index (χ1) is 11.1. The molecule has 7 heteroatoms. The third-order valence-corrected chi connectivity index (χ3v) is 6.51. The number of hydrogen-bond acceptors (Lipinski definition) is 4. The third kappa shape index (κ3) is 2.92. The van der Waals surface area contributed by atoms with E-state index >= 15 is 0 Å². The fourth-order valence-electron chi connectivity index (χ4n) is 3.64. The quantitative estimate of drug-likeness (QED) is 0.895. The molecule has 1 saturated carbocycles. The maximum Gasteiger partial charge on any atom is 0.307 e. The van der Waals surface area contributed by atoms with Crippen molar-refractivity contribution in [3.63, 3.8) is 0 Å². The van der Waals surface area contributed by atoms with Crippen LogP contribution in [0, 0.1) is 18.3 Å². The monoisotopic (exact) mass is 351 g/mol. The van der Waals surface area contributed by atoms with Gasteiger partial charge in [0.2, 0.25) is 0 Å². The second-order valence-electron chi connectivity index (χ2n) is 7.00. The van der Waals surface area contributed by atoms with E-state index < -0.39 is 15.8 Å². The fraction of sp³-hybridized carbons (Fsp3) is 0.529. The van der Waals surface area contributed by atoms with Gasteiger partial charge in [-0.1, -0.05) is 6.07 Å². The normalized spacial score (nSPS) is 22.4. The highest BCUT2D eigenvalue weighted by Crippen LogP contribution is 2.59. The van der Waals surface area contributed by atoms with Crippen LogP contribution >= 0.6 is 0 Å². The van der Waals surface area contributed by atoms with E-state index in [0.717, 1.165) is 11.8 Å². The molecule has 1 unspecified atom stereocenters. The molecule has 1 amide bonds. The molecule has 1 aliphatic heterocycles. The van der Waals surface area contributed by atoms with Gasteiger partial charge in [-0.05, 0) is 49.3 Å². The van der Waals surface area contributed by atoms with Gasteiger partial charge in [-0.25, -0.2) is 8.42 Å². The topological polar surface area (TPSA) is 91.8 Å². The molecule has 3 rings (SSSR count). The van der Waals surface area contributed by atoms with Gasteiger partial charge in [-0.2, -0.15) is 0 Å². The number of carbonyl (C=O) groups excluding carboxylic acids is 1. The molecule has 6 nitrogen and oxygen atoms in total. The summed E-state index contributed by atoms with van der Waals surface area (Å²) >= 11 is 0. The molecule has 2 aliphatic rings. The minimum absolute atomic E-state index is 0.133. The van der Waals surface area contributed by atoms with Crippen molar-refractivity contribution in [3.05, 3.63) is 29.3 Å². The number of rotatable bonds is 3. The zero-order valence-electron chi connectivity index (χ0n) is 13.8. The van der Waals surface area contributed by atoms with Crippen LogP contribution in [0.2, 0.25) is 0 Å². The van der Waals surface area contributed by atoms with Crippen LogP contribution in [0.15, 0.2) is 23.1 Å². The highest BCUT2D eigenvalue weighted by Gasteiger charge is 2.59. The lowest BCUT2D eigenvalue weighted by Gasteiger charge is -2.33. The Morgan fingerprint density at radius 2 is 1.88 bits per heavy atom. The van der Waals surface area contributed by atoms with Crippen molar-refractivity contribution >= 4 is 21.7 Å². The Balaban J connectivity index is 1.76. The van der Waals surface area contributed by atoms with Crippen molar-refractivity contribution in [1.82, 2.24) is 4.90 Å². The lowest BCUT2D eigenvalue weighted by atomic mass is 9.90. The van der Waals surface area contributed by atoms with Crippen molar-refractivity contribution in [2.75, 3.05) is 19.3 Å². The summed E-state index contributed by atoms with van der Waals surface area (Å²) in [7, 11) is -3.37. The summed E-state index contributed by atoms with van der Waals surface area (Å²) in [5, 5.41) is 9.13. The van der Waals surface area contributed by atoms with Crippen LogP contribution in [0.25, 0.3) is 0 Å². The van der Waals surface area contributed by atoms with Gasteiger partial charge >= 0.3 is 5.97 Å². The van der Waals surface area contributed by atoms with Crippen molar-refractivity contribution in [3.8, 4) is 0 Å². The maximum absolute atomic E-state index is 12.8. The number of carbonyl (C=O) groups is 2. The summed E-state index contributed by atoms with van der Waals surface area (Å²) in [5.74, 6) is -1.20. The summed E-state index contributed by atoms with van der Waals surface area (Å²) in [6.45, 7) is 2.82. The summed E-state index contributed by atoms with van der Waals surface area (Å²) in [6, 6.07) is 4.60. The van der Waals surface area contributed by atoms with Crippen LogP contribution in [0.5, 0.6) is 0 Å². The molecule has 1 atom stereocenters. The van der Waals surface area contributed by atoms with Crippen LogP contribution in [0.3, 0.4) is 0 Å². The second-order valence-corrected chi connectivity index (χ2v) is 9.01. The minimum Gasteiger partial charge on any atom is -0.481 e. The number of piperidine rings is 1. The Hall–Kier alpha value is -1.89. The van der Waals surface area contributed by atoms with Gasteiger partial charge in [-0.15, -0.1) is 0 Å². The summed E-state index contributed by atoms with van der Waals surface area (Å²) in [6.07, 6.45) is 3.21. The van der Waals surface area contributed by atoms with Crippen molar-refractivity contribution in [2.24, 2.45) is 11.3 Å². The average molecular weight is 351 g/mol. The molecule has 1 spiro atoms. The molecule has 0 aromatic heterocycles. The molecular formula is C17H21NO5S. The Bertz CT molecular complexity index is 806. The lowest BCUT2D eigenvalue weighted by molar-refractivity contribution is -0.139. The van der Waals surface area contributed by atoms with E-state index in [1.807, 2.05) is 0 Å². The molecule has 1 heterocycles. The maximum atomic E-state index is 12.8. The van der Waals surface area contributed by atoms with E-state index in [1.54, 1.807) is 17.9 Å². The number of amides is 1. The highest BCUT2D eigenvalue weighted by atomic mass is 32.2. The molecule has 1 saturated heterocycles. The number of aliphatic carboxylic acids is 1. The van der Waals surface area contributed by atoms with Gasteiger partial charge in [0.25, 0.3) is 5.91 Å². The zero-order valence-corrected chi connectivity index (χ0v) is 14.6. The van der Waals surface area contributed by atoms with Gasteiger partial charge in [0, 0.05) is 24.9 Å². The number of sulfone groups is 1. The predicted molar refractivity (Wildman–Crippen MR) is 87.6 cm³/mol. The number of carboxylic acid groups (broad SMARTS) is 1. The Morgan fingerprint density at radius 3 is 2.38 bits per heavy atom. The number of carboxylic acids is 1. The van der Waals surface area contributed by atoms with Crippen molar-refractivity contribution in [2.45, 2.75) is 31.1 Å². The first-order valence-corrected chi connectivity index (χ1v) is 9.86. The van der Waals surface area contributed by atoms with Crippen LogP contribution in [-0.2, 0) is 14.6 Å². The number of hydrogen-bond donors (Lipinski definition) is 1. The number of nitrogens with zero attached hydrogens (tertiary/aromatic N) is 1. The molecule has 1 N–H and O–H groups in total. The average Bonchev–Trinajstić information content (AvgIpc) is 3.21. The van der Waals surface area contributed by atoms with Crippen LogP contribution in [0.4, 0.5) is 0 Å². The summed E-state index contributed by atoms with van der Waals surface area (Å²) < 4.78 is 23.4. The van der Waals surface area contributed by atoms with E-state index in [-0.39, 0.29) is 22.1 Å². The Labute approximate surface area is 141 Å². The smallest absolute Gasteiger partial charge is 0.307 e. The van der Waals surface area contributed by atoms with E-state index in [4.69, 9.17) is 5.11 Å². The molecule has 2 fully saturated rings. The van der Waals surface area contributed by atoms with Crippen LogP contribution < -0.4 is 0 Å². The largest absolute Gasteiger partial charge is 0.481 e. The third-order valence-electron chi connectivity index (χ3n) is 5.40. The van der Waals surface area contributed by atoms with E-state index in [9.17, 15) is 18.0 Å². The summed E-state index contributed by atoms with van der Waals surface area (Å²) in [5.41, 5.74) is 1.01. The number of aryl methyl sites for hydroxylation is 1. The lowest BCUT2D eigenvalue weighted by Crippen LogP contribution is -2.40. The molecule has 1 aromatic carbocycles. The first-order valence-electron chi connectivity index (χ1n) is 7.97. The molecule has 0 radical (unpaired) electrons. The van der Waals surface area contributed by atoms with Gasteiger partial charge < -0.3 is 10.0 Å². The van der Waals surface area contributed by atoms with E-state index in [1.165, 1.54) is 12.1 Å².